The maximum absolute atomic E-state index is 11.4. The van der Waals surface area contributed by atoms with Crippen molar-refractivity contribution in [3.63, 3.8) is 0 Å². The Morgan fingerprint density at radius 1 is 1.25 bits per heavy atom. The summed E-state index contributed by atoms with van der Waals surface area (Å²) >= 11 is 0. The van der Waals surface area contributed by atoms with Crippen LogP contribution in [0.2, 0.25) is 0 Å². The Bertz CT molecular complexity index is 297. The summed E-state index contributed by atoms with van der Waals surface area (Å²) in [6.45, 7) is 4.53. The standard InChI is InChI=1S/C10H22N2O3S/c1-4-9(5-2)12-10(13)8-11-6-7-16(3,14)15/h9,11H,4-8H2,1-3H3,(H,12,13). The van der Waals surface area contributed by atoms with E-state index in [1.54, 1.807) is 0 Å². The second-order valence-corrected chi connectivity index (χ2v) is 6.15. The summed E-state index contributed by atoms with van der Waals surface area (Å²) in [5, 5.41) is 5.67. The van der Waals surface area contributed by atoms with Crippen molar-refractivity contribution < 1.29 is 13.2 Å². The maximum Gasteiger partial charge on any atom is 0.234 e. The van der Waals surface area contributed by atoms with E-state index in [-0.39, 0.29) is 24.2 Å². The van der Waals surface area contributed by atoms with Gasteiger partial charge in [-0.15, -0.1) is 0 Å². The topological polar surface area (TPSA) is 75.3 Å². The average Bonchev–Trinajstić information content (AvgIpc) is 2.19. The summed E-state index contributed by atoms with van der Waals surface area (Å²) < 4.78 is 21.6. The van der Waals surface area contributed by atoms with Gasteiger partial charge in [0.05, 0.1) is 12.3 Å². The zero-order valence-electron chi connectivity index (χ0n) is 10.2. The summed E-state index contributed by atoms with van der Waals surface area (Å²) in [6.07, 6.45) is 3.00. The van der Waals surface area contributed by atoms with Crippen LogP contribution in [0.1, 0.15) is 26.7 Å². The van der Waals surface area contributed by atoms with Crippen LogP contribution in [-0.2, 0) is 14.6 Å². The number of carbonyl (C=O) groups excluding carboxylic acids is 1. The van der Waals surface area contributed by atoms with Gasteiger partial charge in [-0.25, -0.2) is 8.42 Å². The van der Waals surface area contributed by atoms with E-state index in [0.717, 1.165) is 12.8 Å². The Labute approximate surface area is 97.9 Å². The minimum atomic E-state index is -2.95. The Kier molecular flexibility index (Phi) is 7.33. The smallest absolute Gasteiger partial charge is 0.234 e. The van der Waals surface area contributed by atoms with Crippen LogP contribution >= 0.6 is 0 Å². The number of rotatable bonds is 8. The molecule has 0 rings (SSSR count). The third kappa shape index (κ3) is 8.67. The number of sulfone groups is 1. The Hall–Kier alpha value is -0.620. The minimum absolute atomic E-state index is 0.0608. The van der Waals surface area contributed by atoms with Crippen LogP contribution < -0.4 is 10.6 Å². The first-order chi connectivity index (χ1) is 7.39. The summed E-state index contributed by atoms with van der Waals surface area (Å²) in [7, 11) is -2.95. The van der Waals surface area contributed by atoms with E-state index in [0.29, 0.717) is 6.54 Å². The van der Waals surface area contributed by atoms with E-state index >= 15 is 0 Å². The Balaban J connectivity index is 3.66. The highest BCUT2D eigenvalue weighted by atomic mass is 32.2. The molecular formula is C10H22N2O3S. The quantitative estimate of drug-likeness (QED) is 0.591. The minimum Gasteiger partial charge on any atom is -0.352 e. The molecular weight excluding hydrogens is 228 g/mol. The predicted octanol–water partition coefficient (Wildman–Crippen LogP) is -0.0746. The van der Waals surface area contributed by atoms with Crippen LogP contribution in [0.25, 0.3) is 0 Å². The third-order valence-corrected chi connectivity index (χ3v) is 3.23. The van der Waals surface area contributed by atoms with Crippen LogP contribution in [0.4, 0.5) is 0 Å². The van der Waals surface area contributed by atoms with Crippen molar-refractivity contribution >= 4 is 15.7 Å². The molecule has 0 aromatic rings. The molecule has 0 saturated carbocycles. The van der Waals surface area contributed by atoms with Crippen LogP contribution in [0.15, 0.2) is 0 Å². The average molecular weight is 250 g/mol. The van der Waals surface area contributed by atoms with Crippen LogP contribution in [0, 0.1) is 0 Å². The molecule has 16 heavy (non-hydrogen) atoms. The number of carbonyl (C=O) groups is 1. The van der Waals surface area contributed by atoms with Gasteiger partial charge in [0, 0.05) is 18.8 Å². The lowest BCUT2D eigenvalue weighted by molar-refractivity contribution is -0.121. The molecule has 0 aromatic heterocycles. The molecule has 0 heterocycles. The highest BCUT2D eigenvalue weighted by molar-refractivity contribution is 7.90. The molecule has 0 fully saturated rings. The van der Waals surface area contributed by atoms with Gasteiger partial charge in [0.2, 0.25) is 5.91 Å². The lowest BCUT2D eigenvalue weighted by Gasteiger charge is -2.14. The molecule has 0 aliphatic carbocycles. The van der Waals surface area contributed by atoms with Gasteiger partial charge in [0.1, 0.15) is 9.84 Å². The van der Waals surface area contributed by atoms with Gasteiger partial charge in [-0.05, 0) is 12.8 Å². The first-order valence-corrected chi connectivity index (χ1v) is 7.62. The van der Waals surface area contributed by atoms with Gasteiger partial charge < -0.3 is 10.6 Å². The second kappa shape index (κ2) is 7.62. The molecule has 1 amide bonds. The number of amides is 1. The van der Waals surface area contributed by atoms with Gasteiger partial charge in [0.15, 0.2) is 0 Å². The molecule has 5 nitrogen and oxygen atoms in total. The number of nitrogens with one attached hydrogen (secondary N) is 2. The van der Waals surface area contributed by atoms with Gasteiger partial charge in [-0.3, -0.25) is 4.79 Å². The predicted molar refractivity (Wildman–Crippen MR) is 65.1 cm³/mol. The molecule has 0 aliphatic heterocycles. The second-order valence-electron chi connectivity index (χ2n) is 3.89. The monoisotopic (exact) mass is 250 g/mol. The van der Waals surface area contributed by atoms with Crippen LogP contribution in [0.3, 0.4) is 0 Å². The lowest BCUT2D eigenvalue weighted by Crippen LogP contribution is -2.40. The normalized spacial score (nSPS) is 11.8. The molecule has 0 radical (unpaired) electrons. The van der Waals surface area contributed by atoms with E-state index in [2.05, 4.69) is 10.6 Å². The van der Waals surface area contributed by atoms with E-state index < -0.39 is 9.84 Å². The summed E-state index contributed by atoms with van der Waals surface area (Å²) in [5.41, 5.74) is 0. The zero-order chi connectivity index (χ0) is 12.6. The SMILES string of the molecule is CCC(CC)NC(=O)CNCCS(C)(=O)=O. The number of hydrogen-bond donors (Lipinski definition) is 2. The fourth-order valence-electron chi connectivity index (χ4n) is 1.23. The fraction of sp³-hybridized carbons (Fsp3) is 0.900. The molecule has 0 aliphatic rings. The summed E-state index contributed by atoms with van der Waals surface area (Å²) in [5.74, 6) is -0.0205. The summed E-state index contributed by atoms with van der Waals surface area (Å²) in [4.78, 5) is 11.4. The van der Waals surface area contributed by atoms with Crippen LogP contribution in [0.5, 0.6) is 0 Å². The molecule has 0 spiro atoms. The van der Waals surface area contributed by atoms with Crippen molar-refractivity contribution in [1.29, 1.82) is 0 Å². The Morgan fingerprint density at radius 3 is 2.25 bits per heavy atom. The first kappa shape index (κ1) is 15.4. The molecule has 0 unspecified atom stereocenters. The first-order valence-electron chi connectivity index (χ1n) is 5.56. The van der Waals surface area contributed by atoms with E-state index in [1.165, 1.54) is 6.26 Å². The van der Waals surface area contributed by atoms with E-state index in [1.807, 2.05) is 13.8 Å². The number of hydrogen-bond acceptors (Lipinski definition) is 4. The Morgan fingerprint density at radius 2 is 1.81 bits per heavy atom. The molecule has 2 N–H and O–H groups in total. The van der Waals surface area contributed by atoms with Gasteiger partial charge in [-0.2, -0.15) is 0 Å². The molecule has 96 valence electrons. The van der Waals surface area contributed by atoms with Crippen molar-refractivity contribution in [1.82, 2.24) is 10.6 Å². The fourth-order valence-corrected chi connectivity index (χ4v) is 1.75. The van der Waals surface area contributed by atoms with E-state index in [9.17, 15) is 13.2 Å². The van der Waals surface area contributed by atoms with Crippen molar-refractivity contribution in [3.8, 4) is 0 Å². The van der Waals surface area contributed by atoms with Gasteiger partial charge in [0.25, 0.3) is 0 Å². The van der Waals surface area contributed by atoms with Crippen molar-refractivity contribution in [2.24, 2.45) is 0 Å². The van der Waals surface area contributed by atoms with Crippen molar-refractivity contribution in [2.45, 2.75) is 32.7 Å². The van der Waals surface area contributed by atoms with Gasteiger partial charge in [-0.1, -0.05) is 13.8 Å². The molecule has 0 bridgehead atoms. The van der Waals surface area contributed by atoms with Crippen molar-refractivity contribution in [2.75, 3.05) is 25.1 Å². The molecule has 0 saturated heterocycles. The van der Waals surface area contributed by atoms with Crippen LogP contribution in [-0.4, -0.2) is 45.5 Å². The maximum atomic E-state index is 11.4. The molecule has 0 aromatic carbocycles. The highest BCUT2D eigenvalue weighted by Crippen LogP contribution is 1.94. The lowest BCUT2D eigenvalue weighted by atomic mass is 10.2. The highest BCUT2D eigenvalue weighted by Gasteiger charge is 2.08. The molecule has 6 heteroatoms. The summed E-state index contributed by atoms with van der Waals surface area (Å²) in [6, 6.07) is 0.212. The van der Waals surface area contributed by atoms with Gasteiger partial charge >= 0.3 is 0 Å². The molecule has 0 atom stereocenters. The van der Waals surface area contributed by atoms with Crippen molar-refractivity contribution in [3.05, 3.63) is 0 Å². The third-order valence-electron chi connectivity index (χ3n) is 2.29. The zero-order valence-corrected chi connectivity index (χ0v) is 11.1. The van der Waals surface area contributed by atoms with E-state index in [4.69, 9.17) is 0 Å². The largest absolute Gasteiger partial charge is 0.352 e.